The first-order chi connectivity index (χ1) is 8.13. The maximum atomic E-state index is 6.67. The van der Waals surface area contributed by atoms with Crippen LogP contribution < -0.4 is 5.73 Å². The lowest BCUT2D eigenvalue weighted by atomic mass is 9.70. The zero-order valence-corrected chi connectivity index (χ0v) is 12.3. The van der Waals surface area contributed by atoms with Crippen LogP contribution in [0.2, 0.25) is 0 Å². The Balaban J connectivity index is 2.45. The zero-order chi connectivity index (χ0) is 12.7. The summed E-state index contributed by atoms with van der Waals surface area (Å²) in [4.78, 5) is 0. The molecule has 1 nitrogen and oxygen atoms in total. The molecule has 1 aliphatic carbocycles. The monoisotopic (exact) mass is 239 g/mol. The summed E-state index contributed by atoms with van der Waals surface area (Å²) in [6.45, 7) is 6.95. The number of rotatable bonds is 7. The highest BCUT2D eigenvalue weighted by molar-refractivity contribution is 4.91. The lowest BCUT2D eigenvalue weighted by molar-refractivity contribution is 0.176. The summed E-state index contributed by atoms with van der Waals surface area (Å²) in [6.07, 6.45) is 13.3. The smallest absolute Gasteiger partial charge is 0.0159 e. The molecule has 0 aromatic rings. The van der Waals surface area contributed by atoms with Gasteiger partial charge in [-0.25, -0.2) is 0 Å². The van der Waals surface area contributed by atoms with E-state index < -0.39 is 0 Å². The summed E-state index contributed by atoms with van der Waals surface area (Å²) >= 11 is 0. The third-order valence-electron chi connectivity index (χ3n) is 4.80. The lowest BCUT2D eigenvalue weighted by Gasteiger charge is -2.40. The van der Waals surface area contributed by atoms with Gasteiger partial charge in [-0.1, -0.05) is 65.7 Å². The summed E-state index contributed by atoms with van der Waals surface area (Å²) in [5.41, 5.74) is 6.85. The van der Waals surface area contributed by atoms with Crippen molar-refractivity contribution in [3.8, 4) is 0 Å². The van der Waals surface area contributed by atoms with Gasteiger partial charge in [-0.3, -0.25) is 0 Å². The van der Waals surface area contributed by atoms with Crippen LogP contribution in [0.5, 0.6) is 0 Å². The Labute approximate surface area is 109 Å². The van der Waals surface area contributed by atoms with E-state index in [1.807, 2.05) is 0 Å². The molecule has 0 radical (unpaired) electrons. The van der Waals surface area contributed by atoms with Gasteiger partial charge in [0.1, 0.15) is 0 Å². The van der Waals surface area contributed by atoms with Crippen molar-refractivity contribution < 1.29 is 0 Å². The predicted octanol–water partition coefficient (Wildman–Crippen LogP) is 4.89. The molecule has 102 valence electrons. The second kappa shape index (κ2) is 7.41. The van der Waals surface area contributed by atoms with E-state index in [9.17, 15) is 0 Å². The van der Waals surface area contributed by atoms with Crippen LogP contribution in [0.4, 0.5) is 0 Å². The molecule has 1 heteroatoms. The summed E-state index contributed by atoms with van der Waals surface area (Å²) < 4.78 is 0. The fraction of sp³-hybridized carbons (Fsp3) is 1.00. The van der Waals surface area contributed by atoms with E-state index in [0.29, 0.717) is 0 Å². The van der Waals surface area contributed by atoms with Gasteiger partial charge >= 0.3 is 0 Å². The molecule has 0 aromatic heterocycles. The summed E-state index contributed by atoms with van der Waals surface area (Å²) in [5, 5.41) is 0. The Morgan fingerprint density at radius 1 is 1.29 bits per heavy atom. The molecule has 1 aliphatic rings. The van der Waals surface area contributed by atoms with Crippen molar-refractivity contribution in [1.82, 2.24) is 0 Å². The molecular formula is C16H33N. The van der Waals surface area contributed by atoms with Crippen LogP contribution in [0, 0.1) is 11.8 Å². The van der Waals surface area contributed by atoms with Crippen LogP contribution in [-0.2, 0) is 0 Å². The molecule has 1 saturated carbocycles. The fourth-order valence-electron chi connectivity index (χ4n) is 3.57. The molecule has 1 rings (SSSR count). The molecule has 0 amide bonds. The Morgan fingerprint density at radius 2 is 2.06 bits per heavy atom. The number of hydrogen-bond acceptors (Lipinski definition) is 1. The van der Waals surface area contributed by atoms with E-state index in [4.69, 9.17) is 5.73 Å². The summed E-state index contributed by atoms with van der Waals surface area (Å²) in [6, 6.07) is 0. The second-order valence-corrected chi connectivity index (χ2v) is 6.35. The van der Waals surface area contributed by atoms with Gasteiger partial charge in [0, 0.05) is 5.54 Å². The first kappa shape index (κ1) is 15.0. The van der Waals surface area contributed by atoms with Gasteiger partial charge < -0.3 is 5.73 Å². The highest BCUT2D eigenvalue weighted by Gasteiger charge is 2.33. The maximum Gasteiger partial charge on any atom is 0.0159 e. The van der Waals surface area contributed by atoms with Crippen molar-refractivity contribution in [2.45, 2.75) is 90.5 Å². The first-order valence-electron chi connectivity index (χ1n) is 7.92. The van der Waals surface area contributed by atoms with E-state index in [2.05, 4.69) is 20.8 Å². The quantitative estimate of drug-likeness (QED) is 0.672. The SMILES string of the molecule is CCCCC(CC)CC1(N)CCCC(CC)C1. The van der Waals surface area contributed by atoms with Gasteiger partial charge in [0.2, 0.25) is 0 Å². The van der Waals surface area contributed by atoms with Crippen LogP contribution in [0.1, 0.15) is 85.0 Å². The van der Waals surface area contributed by atoms with Gasteiger partial charge in [0.05, 0.1) is 0 Å². The topological polar surface area (TPSA) is 26.0 Å². The summed E-state index contributed by atoms with van der Waals surface area (Å²) in [5.74, 6) is 1.77. The maximum absolute atomic E-state index is 6.67. The van der Waals surface area contributed by atoms with Crippen LogP contribution in [0.15, 0.2) is 0 Å². The van der Waals surface area contributed by atoms with Gasteiger partial charge in [-0.2, -0.15) is 0 Å². The average molecular weight is 239 g/mol. The van der Waals surface area contributed by atoms with Crippen molar-refractivity contribution in [2.75, 3.05) is 0 Å². The largest absolute Gasteiger partial charge is 0.325 e. The van der Waals surface area contributed by atoms with Crippen molar-refractivity contribution >= 4 is 0 Å². The lowest BCUT2D eigenvalue weighted by Crippen LogP contribution is -2.45. The Kier molecular flexibility index (Phi) is 6.54. The normalized spacial score (nSPS) is 31.4. The zero-order valence-electron chi connectivity index (χ0n) is 12.3. The van der Waals surface area contributed by atoms with Crippen molar-refractivity contribution in [2.24, 2.45) is 17.6 Å². The first-order valence-corrected chi connectivity index (χ1v) is 7.92. The Morgan fingerprint density at radius 3 is 2.65 bits per heavy atom. The van der Waals surface area contributed by atoms with Crippen molar-refractivity contribution in [3.63, 3.8) is 0 Å². The minimum absolute atomic E-state index is 0.174. The number of unbranched alkanes of at least 4 members (excludes halogenated alkanes) is 1. The molecular weight excluding hydrogens is 206 g/mol. The highest BCUT2D eigenvalue weighted by Crippen LogP contribution is 2.37. The Bertz CT molecular complexity index is 202. The molecule has 0 saturated heterocycles. The summed E-state index contributed by atoms with van der Waals surface area (Å²) in [7, 11) is 0. The fourth-order valence-corrected chi connectivity index (χ4v) is 3.57. The molecule has 0 aromatic carbocycles. The van der Waals surface area contributed by atoms with Gasteiger partial charge in [-0.15, -0.1) is 0 Å². The number of hydrogen-bond donors (Lipinski definition) is 1. The van der Waals surface area contributed by atoms with E-state index >= 15 is 0 Å². The molecule has 0 spiro atoms. The molecule has 2 N–H and O–H groups in total. The van der Waals surface area contributed by atoms with Gasteiger partial charge in [-0.05, 0) is 31.1 Å². The minimum atomic E-state index is 0.174. The molecule has 3 unspecified atom stereocenters. The van der Waals surface area contributed by atoms with Crippen molar-refractivity contribution in [3.05, 3.63) is 0 Å². The molecule has 0 bridgehead atoms. The van der Waals surface area contributed by atoms with E-state index in [-0.39, 0.29) is 5.54 Å². The van der Waals surface area contributed by atoms with Crippen molar-refractivity contribution in [1.29, 1.82) is 0 Å². The van der Waals surface area contributed by atoms with Crippen LogP contribution in [-0.4, -0.2) is 5.54 Å². The van der Waals surface area contributed by atoms with E-state index in [0.717, 1.165) is 11.8 Å². The third kappa shape index (κ3) is 4.99. The average Bonchev–Trinajstić information content (AvgIpc) is 2.34. The molecule has 17 heavy (non-hydrogen) atoms. The third-order valence-corrected chi connectivity index (χ3v) is 4.80. The van der Waals surface area contributed by atoms with E-state index in [1.54, 1.807) is 0 Å². The molecule has 1 fully saturated rings. The molecule has 0 heterocycles. The van der Waals surface area contributed by atoms with Gasteiger partial charge in [0.25, 0.3) is 0 Å². The number of nitrogens with two attached hydrogens (primary N) is 1. The predicted molar refractivity (Wildman–Crippen MR) is 77.1 cm³/mol. The van der Waals surface area contributed by atoms with E-state index in [1.165, 1.54) is 64.2 Å². The van der Waals surface area contributed by atoms with Gasteiger partial charge in [0.15, 0.2) is 0 Å². The highest BCUT2D eigenvalue weighted by atomic mass is 14.7. The van der Waals surface area contributed by atoms with Crippen LogP contribution in [0.3, 0.4) is 0 Å². The Hall–Kier alpha value is -0.0400. The standard InChI is InChI=1S/C16H33N/c1-4-7-9-14(5-2)12-16(17)11-8-10-15(6-3)13-16/h14-15H,4-13,17H2,1-3H3. The van der Waals surface area contributed by atoms with Crippen LogP contribution >= 0.6 is 0 Å². The minimum Gasteiger partial charge on any atom is -0.325 e. The second-order valence-electron chi connectivity index (χ2n) is 6.35. The van der Waals surface area contributed by atoms with Crippen LogP contribution in [0.25, 0.3) is 0 Å². The molecule has 0 aliphatic heterocycles. The molecule has 3 atom stereocenters.